The maximum absolute atomic E-state index is 12.6. The molecule has 0 bridgehead atoms. The smallest absolute Gasteiger partial charge is 0.253 e. The number of hydrogen-bond donors (Lipinski definition) is 3. The number of carbonyl (C=O) groups is 2. The first-order valence-corrected chi connectivity index (χ1v) is 9.07. The highest BCUT2D eigenvalue weighted by Crippen LogP contribution is 2.20. The highest BCUT2D eigenvalue weighted by atomic mass is 35.5. The van der Waals surface area contributed by atoms with E-state index in [-0.39, 0.29) is 18.2 Å². The SMILES string of the molecule is CCNCCNC(=O)CC(NC(=O)c1ccccc1Cl)c1ccccc1. The predicted molar refractivity (Wildman–Crippen MR) is 104 cm³/mol. The van der Waals surface area contributed by atoms with Gasteiger partial charge in [-0.15, -0.1) is 0 Å². The van der Waals surface area contributed by atoms with Gasteiger partial charge in [-0.2, -0.15) is 0 Å². The summed E-state index contributed by atoms with van der Waals surface area (Å²) in [5.41, 5.74) is 1.26. The molecular weight excluding hydrogens is 350 g/mol. The minimum atomic E-state index is -0.431. The maximum atomic E-state index is 12.6. The highest BCUT2D eigenvalue weighted by molar-refractivity contribution is 6.33. The fraction of sp³-hybridized carbons (Fsp3) is 0.300. The zero-order chi connectivity index (χ0) is 18.8. The molecule has 2 rings (SSSR count). The van der Waals surface area contributed by atoms with Gasteiger partial charge in [0.25, 0.3) is 5.91 Å². The van der Waals surface area contributed by atoms with E-state index in [0.717, 1.165) is 12.1 Å². The van der Waals surface area contributed by atoms with Crippen molar-refractivity contribution in [3.63, 3.8) is 0 Å². The Balaban J connectivity index is 2.06. The molecule has 5 nitrogen and oxygen atoms in total. The van der Waals surface area contributed by atoms with E-state index in [1.54, 1.807) is 24.3 Å². The molecule has 1 unspecified atom stereocenters. The van der Waals surface area contributed by atoms with Crippen LogP contribution in [0.15, 0.2) is 54.6 Å². The van der Waals surface area contributed by atoms with Crippen molar-refractivity contribution in [2.45, 2.75) is 19.4 Å². The molecule has 0 aliphatic heterocycles. The van der Waals surface area contributed by atoms with Crippen molar-refractivity contribution in [2.75, 3.05) is 19.6 Å². The molecule has 2 aromatic rings. The predicted octanol–water partition coefficient (Wildman–Crippen LogP) is 2.93. The number of likely N-dealkylation sites (N-methyl/N-ethyl adjacent to an activating group) is 1. The average molecular weight is 374 g/mol. The van der Waals surface area contributed by atoms with Crippen molar-refractivity contribution < 1.29 is 9.59 Å². The third-order valence-corrected chi connectivity index (χ3v) is 4.22. The summed E-state index contributed by atoms with van der Waals surface area (Å²) in [7, 11) is 0. The zero-order valence-corrected chi connectivity index (χ0v) is 15.6. The number of rotatable bonds is 9. The quantitative estimate of drug-likeness (QED) is 0.592. The first-order chi connectivity index (χ1) is 12.6. The zero-order valence-electron chi connectivity index (χ0n) is 14.8. The lowest BCUT2D eigenvalue weighted by Gasteiger charge is -2.19. The highest BCUT2D eigenvalue weighted by Gasteiger charge is 2.20. The molecule has 0 fully saturated rings. The van der Waals surface area contributed by atoms with Crippen LogP contribution in [0, 0.1) is 0 Å². The van der Waals surface area contributed by atoms with Gasteiger partial charge in [0.1, 0.15) is 0 Å². The van der Waals surface area contributed by atoms with E-state index in [4.69, 9.17) is 11.6 Å². The number of benzene rings is 2. The maximum Gasteiger partial charge on any atom is 0.253 e. The first kappa shape index (κ1) is 19.9. The van der Waals surface area contributed by atoms with Crippen LogP contribution in [0.25, 0.3) is 0 Å². The van der Waals surface area contributed by atoms with E-state index in [0.29, 0.717) is 23.7 Å². The Kier molecular flexibility index (Phi) is 8.12. The van der Waals surface area contributed by atoms with Gasteiger partial charge in [-0.05, 0) is 24.2 Å². The summed E-state index contributed by atoms with van der Waals surface area (Å²) in [5, 5.41) is 9.32. The van der Waals surface area contributed by atoms with Crippen molar-refractivity contribution in [3.05, 3.63) is 70.7 Å². The summed E-state index contributed by atoms with van der Waals surface area (Å²) in [5.74, 6) is -0.416. The van der Waals surface area contributed by atoms with E-state index in [1.807, 2.05) is 37.3 Å². The first-order valence-electron chi connectivity index (χ1n) is 8.69. The second-order valence-corrected chi connectivity index (χ2v) is 6.23. The van der Waals surface area contributed by atoms with Crippen LogP contribution in [0.2, 0.25) is 5.02 Å². The van der Waals surface area contributed by atoms with Gasteiger partial charge in [0.05, 0.1) is 23.0 Å². The van der Waals surface area contributed by atoms with E-state index in [1.165, 1.54) is 0 Å². The molecule has 0 aliphatic rings. The molecule has 2 amide bonds. The Hall–Kier alpha value is -2.37. The largest absolute Gasteiger partial charge is 0.355 e. The van der Waals surface area contributed by atoms with E-state index < -0.39 is 6.04 Å². The van der Waals surface area contributed by atoms with Crippen LogP contribution in [0.3, 0.4) is 0 Å². The molecule has 2 aromatic carbocycles. The van der Waals surface area contributed by atoms with Crippen LogP contribution >= 0.6 is 11.6 Å². The fourth-order valence-corrected chi connectivity index (χ4v) is 2.77. The molecule has 0 radical (unpaired) electrons. The van der Waals surface area contributed by atoms with Crippen molar-refractivity contribution >= 4 is 23.4 Å². The van der Waals surface area contributed by atoms with Crippen molar-refractivity contribution in [1.82, 2.24) is 16.0 Å². The number of halogens is 1. The van der Waals surface area contributed by atoms with Gasteiger partial charge >= 0.3 is 0 Å². The van der Waals surface area contributed by atoms with Gasteiger partial charge in [0.2, 0.25) is 5.91 Å². The summed E-state index contributed by atoms with van der Waals surface area (Å²) >= 11 is 6.11. The molecule has 0 saturated heterocycles. The lowest BCUT2D eigenvalue weighted by molar-refractivity contribution is -0.121. The minimum Gasteiger partial charge on any atom is -0.355 e. The van der Waals surface area contributed by atoms with Gasteiger partial charge in [-0.25, -0.2) is 0 Å². The molecule has 0 heterocycles. The summed E-state index contributed by atoms with van der Waals surface area (Å²) in [4.78, 5) is 24.9. The molecule has 0 spiro atoms. The molecule has 26 heavy (non-hydrogen) atoms. The average Bonchev–Trinajstić information content (AvgIpc) is 2.65. The third kappa shape index (κ3) is 6.17. The van der Waals surface area contributed by atoms with Crippen LogP contribution in [-0.2, 0) is 4.79 Å². The lowest BCUT2D eigenvalue weighted by atomic mass is 10.0. The van der Waals surface area contributed by atoms with Gasteiger partial charge in [-0.3, -0.25) is 9.59 Å². The molecular formula is C20H24ClN3O2. The number of carbonyl (C=O) groups excluding carboxylic acids is 2. The van der Waals surface area contributed by atoms with Crippen LogP contribution in [0.1, 0.15) is 35.3 Å². The van der Waals surface area contributed by atoms with Crippen LogP contribution in [-0.4, -0.2) is 31.4 Å². The number of nitrogens with one attached hydrogen (secondary N) is 3. The van der Waals surface area contributed by atoms with Crippen molar-refractivity contribution in [3.8, 4) is 0 Å². The third-order valence-electron chi connectivity index (χ3n) is 3.89. The number of hydrogen-bond acceptors (Lipinski definition) is 3. The molecule has 1 atom stereocenters. The topological polar surface area (TPSA) is 70.2 Å². The summed E-state index contributed by atoms with van der Waals surface area (Å²) in [6.07, 6.45) is 0.159. The Labute approximate surface area is 159 Å². The summed E-state index contributed by atoms with van der Waals surface area (Å²) in [6.45, 7) is 4.13. The van der Waals surface area contributed by atoms with Gasteiger partial charge < -0.3 is 16.0 Å². The summed E-state index contributed by atoms with van der Waals surface area (Å²) < 4.78 is 0. The Morgan fingerprint density at radius 1 is 1.00 bits per heavy atom. The molecule has 138 valence electrons. The Morgan fingerprint density at radius 3 is 2.38 bits per heavy atom. The van der Waals surface area contributed by atoms with Gasteiger partial charge in [-0.1, -0.05) is 61.0 Å². The normalized spacial score (nSPS) is 11.6. The molecule has 0 aromatic heterocycles. The molecule has 0 aliphatic carbocycles. The molecule has 3 N–H and O–H groups in total. The minimum absolute atomic E-state index is 0.115. The van der Waals surface area contributed by atoms with Gasteiger partial charge in [0, 0.05) is 13.1 Å². The summed E-state index contributed by atoms with van der Waals surface area (Å²) in [6, 6.07) is 15.9. The van der Waals surface area contributed by atoms with Crippen molar-refractivity contribution in [2.24, 2.45) is 0 Å². The second-order valence-electron chi connectivity index (χ2n) is 5.82. The van der Waals surface area contributed by atoms with E-state index >= 15 is 0 Å². The second kappa shape index (κ2) is 10.6. The van der Waals surface area contributed by atoms with Crippen LogP contribution < -0.4 is 16.0 Å². The van der Waals surface area contributed by atoms with Crippen LogP contribution in [0.4, 0.5) is 0 Å². The molecule has 0 saturated carbocycles. The monoisotopic (exact) mass is 373 g/mol. The Morgan fingerprint density at radius 2 is 1.69 bits per heavy atom. The lowest BCUT2D eigenvalue weighted by Crippen LogP contribution is -2.36. The van der Waals surface area contributed by atoms with Crippen molar-refractivity contribution in [1.29, 1.82) is 0 Å². The standard InChI is InChI=1S/C20H24ClN3O2/c1-2-22-12-13-23-19(25)14-18(15-8-4-3-5-9-15)24-20(26)16-10-6-7-11-17(16)21/h3-11,18,22H,2,12-14H2,1H3,(H,23,25)(H,24,26). The van der Waals surface area contributed by atoms with E-state index in [9.17, 15) is 9.59 Å². The fourth-order valence-electron chi connectivity index (χ4n) is 2.54. The molecule has 6 heteroatoms. The van der Waals surface area contributed by atoms with Gasteiger partial charge in [0.15, 0.2) is 0 Å². The Bertz CT molecular complexity index is 722. The van der Waals surface area contributed by atoms with E-state index in [2.05, 4.69) is 16.0 Å². The van der Waals surface area contributed by atoms with Crippen LogP contribution in [0.5, 0.6) is 0 Å². The number of amides is 2.